The summed E-state index contributed by atoms with van der Waals surface area (Å²) < 4.78 is 25.1. The minimum atomic E-state index is -2.42. The van der Waals surface area contributed by atoms with E-state index in [4.69, 9.17) is 11.6 Å². The van der Waals surface area contributed by atoms with Crippen LogP contribution in [-0.4, -0.2) is 16.2 Å². The molecule has 0 aliphatic carbocycles. The Morgan fingerprint density at radius 2 is 2.15 bits per heavy atom. The van der Waals surface area contributed by atoms with E-state index in [0.29, 0.717) is 5.15 Å². The summed E-state index contributed by atoms with van der Waals surface area (Å²) >= 11 is 5.83. The highest BCUT2D eigenvalue weighted by Crippen LogP contribution is 2.23. The standard InChI is InChI=1S/C8H11ClF2N2/c1-5(2)6-3-12-13(8(6)9)4-7(10)11/h3,5,7H,4H2,1-2H3. The van der Waals surface area contributed by atoms with Gasteiger partial charge in [-0.25, -0.2) is 13.5 Å². The topological polar surface area (TPSA) is 17.8 Å². The molecule has 0 unspecified atom stereocenters. The Morgan fingerprint density at radius 3 is 2.54 bits per heavy atom. The summed E-state index contributed by atoms with van der Waals surface area (Å²) in [6.45, 7) is 3.44. The van der Waals surface area contributed by atoms with Gasteiger partial charge in [-0.1, -0.05) is 25.4 Å². The molecule has 74 valence electrons. The Labute approximate surface area is 80.5 Å². The maximum absolute atomic E-state index is 12.0. The molecule has 13 heavy (non-hydrogen) atoms. The van der Waals surface area contributed by atoms with Crippen molar-refractivity contribution in [2.75, 3.05) is 0 Å². The number of halogens is 3. The fourth-order valence-corrected chi connectivity index (χ4v) is 1.41. The molecule has 0 saturated carbocycles. The van der Waals surface area contributed by atoms with Crippen molar-refractivity contribution in [1.82, 2.24) is 9.78 Å². The van der Waals surface area contributed by atoms with Crippen molar-refractivity contribution in [2.24, 2.45) is 0 Å². The fourth-order valence-electron chi connectivity index (χ4n) is 1.03. The number of hydrogen-bond acceptors (Lipinski definition) is 1. The van der Waals surface area contributed by atoms with E-state index >= 15 is 0 Å². The molecule has 0 aliphatic rings. The monoisotopic (exact) mass is 208 g/mol. The first-order chi connectivity index (χ1) is 6.02. The molecule has 1 aromatic rings. The smallest absolute Gasteiger partial charge is 0.248 e. The van der Waals surface area contributed by atoms with Crippen molar-refractivity contribution in [2.45, 2.75) is 32.7 Å². The van der Waals surface area contributed by atoms with Crippen LogP contribution in [0.2, 0.25) is 5.15 Å². The second kappa shape index (κ2) is 4.05. The molecule has 5 heteroatoms. The van der Waals surface area contributed by atoms with Crippen molar-refractivity contribution in [3.63, 3.8) is 0 Å². The molecule has 1 rings (SSSR count). The lowest BCUT2D eigenvalue weighted by Crippen LogP contribution is -2.08. The maximum Gasteiger partial charge on any atom is 0.257 e. The van der Waals surface area contributed by atoms with Crippen LogP contribution in [0.15, 0.2) is 6.20 Å². The molecule has 2 nitrogen and oxygen atoms in total. The molecule has 0 spiro atoms. The molecule has 1 aromatic heterocycles. The second-order valence-electron chi connectivity index (χ2n) is 3.12. The zero-order chi connectivity index (χ0) is 10.0. The number of rotatable bonds is 3. The quantitative estimate of drug-likeness (QED) is 0.747. The largest absolute Gasteiger partial charge is 0.257 e. The van der Waals surface area contributed by atoms with E-state index in [1.807, 2.05) is 13.8 Å². The zero-order valence-electron chi connectivity index (χ0n) is 7.47. The van der Waals surface area contributed by atoms with E-state index in [1.54, 1.807) is 0 Å². The molecule has 1 heterocycles. The van der Waals surface area contributed by atoms with Gasteiger partial charge in [-0.2, -0.15) is 5.10 Å². The summed E-state index contributed by atoms with van der Waals surface area (Å²) in [5.74, 6) is 0.207. The zero-order valence-corrected chi connectivity index (χ0v) is 8.22. The van der Waals surface area contributed by atoms with Crippen LogP contribution in [0.4, 0.5) is 8.78 Å². The molecule has 0 radical (unpaired) electrons. The second-order valence-corrected chi connectivity index (χ2v) is 3.48. The van der Waals surface area contributed by atoms with Crippen LogP contribution < -0.4 is 0 Å². The molecule has 0 fully saturated rings. The summed E-state index contributed by atoms with van der Waals surface area (Å²) in [7, 11) is 0. The van der Waals surface area contributed by atoms with E-state index < -0.39 is 13.0 Å². The van der Waals surface area contributed by atoms with Crippen LogP contribution in [0.1, 0.15) is 25.3 Å². The van der Waals surface area contributed by atoms with Gasteiger partial charge < -0.3 is 0 Å². The lowest BCUT2D eigenvalue weighted by Gasteiger charge is -2.04. The average Bonchev–Trinajstić information content (AvgIpc) is 2.32. The Kier molecular flexibility index (Phi) is 3.25. The van der Waals surface area contributed by atoms with Crippen LogP contribution >= 0.6 is 11.6 Å². The van der Waals surface area contributed by atoms with Crippen LogP contribution in [0.5, 0.6) is 0 Å². The minimum Gasteiger partial charge on any atom is -0.248 e. The van der Waals surface area contributed by atoms with Gasteiger partial charge in [0.1, 0.15) is 11.7 Å². The summed E-state index contributed by atoms with van der Waals surface area (Å²) in [4.78, 5) is 0. The fraction of sp³-hybridized carbons (Fsp3) is 0.625. The lowest BCUT2D eigenvalue weighted by molar-refractivity contribution is 0.122. The highest BCUT2D eigenvalue weighted by molar-refractivity contribution is 6.30. The number of hydrogen-bond donors (Lipinski definition) is 0. The normalized spacial score (nSPS) is 11.6. The molecule has 0 amide bonds. The van der Waals surface area contributed by atoms with Gasteiger partial charge in [0.05, 0.1) is 6.20 Å². The Hall–Kier alpha value is -0.640. The average molecular weight is 209 g/mol. The van der Waals surface area contributed by atoms with Crippen LogP contribution in [0.3, 0.4) is 0 Å². The molecular weight excluding hydrogens is 198 g/mol. The van der Waals surface area contributed by atoms with E-state index in [1.165, 1.54) is 6.20 Å². The van der Waals surface area contributed by atoms with E-state index in [-0.39, 0.29) is 5.92 Å². The van der Waals surface area contributed by atoms with Crippen molar-refractivity contribution < 1.29 is 8.78 Å². The van der Waals surface area contributed by atoms with Crippen LogP contribution in [0.25, 0.3) is 0 Å². The highest BCUT2D eigenvalue weighted by atomic mass is 35.5. The molecular formula is C8H11ClF2N2. The number of alkyl halides is 2. The summed E-state index contributed by atoms with van der Waals surface area (Å²) in [6, 6.07) is 0. The third-order valence-corrected chi connectivity index (χ3v) is 2.15. The first-order valence-corrected chi connectivity index (χ1v) is 4.39. The van der Waals surface area contributed by atoms with Gasteiger partial charge in [0, 0.05) is 5.56 Å². The van der Waals surface area contributed by atoms with Gasteiger partial charge in [-0.15, -0.1) is 0 Å². The molecule has 0 atom stereocenters. The lowest BCUT2D eigenvalue weighted by atomic mass is 10.1. The number of aromatic nitrogens is 2. The SMILES string of the molecule is CC(C)c1cnn(CC(F)F)c1Cl. The molecule has 0 N–H and O–H groups in total. The summed E-state index contributed by atoms with van der Waals surface area (Å²) in [6.07, 6.45) is -0.882. The van der Waals surface area contributed by atoms with E-state index in [0.717, 1.165) is 10.2 Å². The van der Waals surface area contributed by atoms with E-state index in [2.05, 4.69) is 5.10 Å². The van der Waals surface area contributed by atoms with Crippen molar-refractivity contribution in [1.29, 1.82) is 0 Å². The Bertz CT molecular complexity index is 284. The van der Waals surface area contributed by atoms with Crippen LogP contribution in [-0.2, 0) is 6.54 Å². The molecule has 0 saturated heterocycles. The first-order valence-electron chi connectivity index (χ1n) is 4.01. The van der Waals surface area contributed by atoms with Crippen LogP contribution in [0, 0.1) is 0 Å². The molecule has 0 aliphatic heterocycles. The highest BCUT2D eigenvalue weighted by Gasteiger charge is 2.14. The predicted molar refractivity (Wildman–Crippen MR) is 47.3 cm³/mol. The Morgan fingerprint density at radius 1 is 1.54 bits per heavy atom. The van der Waals surface area contributed by atoms with Gasteiger partial charge in [0.2, 0.25) is 0 Å². The van der Waals surface area contributed by atoms with Crippen molar-refractivity contribution in [3.05, 3.63) is 16.9 Å². The molecule has 0 bridgehead atoms. The first kappa shape index (κ1) is 10.4. The van der Waals surface area contributed by atoms with E-state index in [9.17, 15) is 8.78 Å². The van der Waals surface area contributed by atoms with Gasteiger partial charge in [-0.3, -0.25) is 0 Å². The minimum absolute atomic E-state index is 0.207. The van der Waals surface area contributed by atoms with Crippen molar-refractivity contribution >= 4 is 11.6 Å². The van der Waals surface area contributed by atoms with Gasteiger partial charge in [0.25, 0.3) is 6.43 Å². The van der Waals surface area contributed by atoms with Gasteiger partial charge >= 0.3 is 0 Å². The maximum atomic E-state index is 12.0. The molecule has 0 aromatic carbocycles. The van der Waals surface area contributed by atoms with Crippen molar-refractivity contribution in [3.8, 4) is 0 Å². The summed E-state index contributed by atoms with van der Waals surface area (Å²) in [5.41, 5.74) is 0.808. The Balaban J connectivity index is 2.86. The third kappa shape index (κ3) is 2.40. The van der Waals surface area contributed by atoms with Gasteiger partial charge in [0.15, 0.2) is 0 Å². The third-order valence-electron chi connectivity index (χ3n) is 1.73. The van der Waals surface area contributed by atoms with Gasteiger partial charge in [-0.05, 0) is 5.92 Å². The number of nitrogens with zero attached hydrogens (tertiary/aromatic N) is 2. The summed E-state index contributed by atoms with van der Waals surface area (Å²) in [5, 5.41) is 4.10. The predicted octanol–water partition coefficient (Wildman–Crippen LogP) is 2.93.